The molecule has 5 heteroatoms. The smallest absolute Gasteiger partial charge is 0.257 e. The van der Waals surface area contributed by atoms with Gasteiger partial charge in [-0.15, -0.1) is 0 Å². The van der Waals surface area contributed by atoms with Crippen LogP contribution in [0.15, 0.2) is 22.7 Å². The van der Waals surface area contributed by atoms with E-state index in [1.807, 2.05) is 6.92 Å². The summed E-state index contributed by atoms with van der Waals surface area (Å²) in [5.74, 6) is 0.424. The van der Waals surface area contributed by atoms with Crippen LogP contribution in [0.5, 0.6) is 5.75 Å². The van der Waals surface area contributed by atoms with Crippen molar-refractivity contribution >= 4 is 27.5 Å². The number of halogens is 1. The predicted molar refractivity (Wildman–Crippen MR) is 62.7 cm³/mol. The Balaban J connectivity index is 2.58. The number of carbonyl (C=O) groups is 1. The molecule has 1 aromatic carbocycles. The van der Waals surface area contributed by atoms with Crippen molar-refractivity contribution in [2.45, 2.75) is 6.92 Å². The third kappa shape index (κ3) is 3.43. The summed E-state index contributed by atoms with van der Waals surface area (Å²) >= 11 is 3.29. The molecule has 0 aromatic heterocycles. The maximum Gasteiger partial charge on any atom is 0.257 e. The molecule has 0 aliphatic heterocycles. The average molecular weight is 273 g/mol. The summed E-state index contributed by atoms with van der Waals surface area (Å²) in [6.45, 7) is 2.45. The molecule has 0 radical (unpaired) electrons. The van der Waals surface area contributed by atoms with Crippen LogP contribution < -0.4 is 15.8 Å². The van der Waals surface area contributed by atoms with Crippen molar-refractivity contribution in [2.75, 3.05) is 18.9 Å². The molecule has 0 fully saturated rings. The fourth-order valence-corrected chi connectivity index (χ4v) is 1.41. The topological polar surface area (TPSA) is 64.3 Å². The number of hydrogen-bond donors (Lipinski definition) is 2. The lowest BCUT2D eigenvalue weighted by molar-refractivity contribution is -0.122. The van der Waals surface area contributed by atoms with Crippen LogP contribution in [0.2, 0.25) is 0 Å². The Kier molecular flexibility index (Phi) is 4.42. The number of nitrogens with one attached hydrogen (secondary N) is 1. The molecule has 0 aliphatic rings. The number of anilines is 1. The van der Waals surface area contributed by atoms with E-state index < -0.39 is 0 Å². The van der Waals surface area contributed by atoms with E-state index >= 15 is 0 Å². The van der Waals surface area contributed by atoms with Gasteiger partial charge in [0.25, 0.3) is 5.91 Å². The van der Waals surface area contributed by atoms with Crippen LogP contribution >= 0.6 is 15.9 Å². The summed E-state index contributed by atoms with van der Waals surface area (Å²) in [6, 6.07) is 5.27. The van der Waals surface area contributed by atoms with Crippen LogP contribution in [0.1, 0.15) is 6.92 Å². The lowest BCUT2D eigenvalue weighted by Gasteiger charge is -2.08. The Morgan fingerprint density at radius 1 is 1.60 bits per heavy atom. The van der Waals surface area contributed by atoms with Crippen molar-refractivity contribution in [3.63, 3.8) is 0 Å². The maximum atomic E-state index is 11.1. The molecule has 0 bridgehead atoms. The zero-order valence-electron chi connectivity index (χ0n) is 8.42. The molecule has 0 saturated heterocycles. The molecule has 1 aromatic rings. The molecule has 1 rings (SSSR count). The van der Waals surface area contributed by atoms with Crippen LogP contribution in [0.3, 0.4) is 0 Å². The largest absolute Gasteiger partial charge is 0.483 e. The summed E-state index contributed by atoms with van der Waals surface area (Å²) in [4.78, 5) is 11.1. The van der Waals surface area contributed by atoms with E-state index in [0.717, 1.165) is 0 Å². The summed E-state index contributed by atoms with van der Waals surface area (Å²) < 4.78 is 5.97. The lowest BCUT2D eigenvalue weighted by atomic mass is 10.3. The SMILES string of the molecule is CCNC(=O)COc1cccc(N)c1Br. The molecule has 0 atom stereocenters. The highest BCUT2D eigenvalue weighted by molar-refractivity contribution is 9.10. The molecule has 3 N–H and O–H groups in total. The van der Waals surface area contributed by atoms with Gasteiger partial charge in [0.15, 0.2) is 6.61 Å². The molecule has 15 heavy (non-hydrogen) atoms. The number of carbonyl (C=O) groups excluding carboxylic acids is 1. The highest BCUT2D eigenvalue weighted by atomic mass is 79.9. The van der Waals surface area contributed by atoms with Gasteiger partial charge in [-0.2, -0.15) is 0 Å². The molecule has 82 valence electrons. The van der Waals surface area contributed by atoms with Gasteiger partial charge in [-0.05, 0) is 35.0 Å². The first-order valence-electron chi connectivity index (χ1n) is 4.58. The van der Waals surface area contributed by atoms with Crippen molar-refractivity contribution in [1.82, 2.24) is 5.32 Å². The van der Waals surface area contributed by atoms with E-state index in [4.69, 9.17) is 10.5 Å². The highest BCUT2D eigenvalue weighted by Crippen LogP contribution is 2.29. The first kappa shape index (κ1) is 11.8. The quantitative estimate of drug-likeness (QED) is 0.818. The van der Waals surface area contributed by atoms with Gasteiger partial charge in [-0.1, -0.05) is 6.07 Å². The highest BCUT2D eigenvalue weighted by Gasteiger charge is 2.06. The van der Waals surface area contributed by atoms with Crippen LogP contribution in [0, 0.1) is 0 Å². The van der Waals surface area contributed by atoms with Gasteiger partial charge < -0.3 is 15.8 Å². The molecule has 1 amide bonds. The summed E-state index contributed by atoms with van der Waals surface area (Å²) in [5, 5.41) is 2.64. The van der Waals surface area contributed by atoms with E-state index in [1.165, 1.54) is 0 Å². The van der Waals surface area contributed by atoms with Gasteiger partial charge in [-0.3, -0.25) is 4.79 Å². The Bertz CT molecular complexity index is 355. The van der Waals surface area contributed by atoms with Gasteiger partial charge in [0.1, 0.15) is 5.75 Å². The van der Waals surface area contributed by atoms with Gasteiger partial charge in [-0.25, -0.2) is 0 Å². The standard InChI is InChI=1S/C10H13BrN2O2/c1-2-13-9(14)6-15-8-5-3-4-7(12)10(8)11/h3-5H,2,6,12H2,1H3,(H,13,14). The first-order valence-corrected chi connectivity index (χ1v) is 5.38. The second-order valence-electron chi connectivity index (χ2n) is 2.90. The average Bonchev–Trinajstić information content (AvgIpc) is 2.21. The summed E-state index contributed by atoms with van der Waals surface area (Å²) in [6.07, 6.45) is 0. The number of amides is 1. The monoisotopic (exact) mass is 272 g/mol. The minimum Gasteiger partial charge on any atom is -0.483 e. The third-order valence-electron chi connectivity index (χ3n) is 1.73. The molecular weight excluding hydrogens is 260 g/mol. The van der Waals surface area contributed by atoms with Gasteiger partial charge in [0, 0.05) is 12.2 Å². The number of hydrogen-bond acceptors (Lipinski definition) is 3. The second-order valence-corrected chi connectivity index (χ2v) is 3.69. The maximum absolute atomic E-state index is 11.1. The third-order valence-corrected chi connectivity index (χ3v) is 2.57. The fourth-order valence-electron chi connectivity index (χ4n) is 1.03. The van der Waals surface area contributed by atoms with Crippen molar-refractivity contribution in [2.24, 2.45) is 0 Å². The Morgan fingerprint density at radius 3 is 3.00 bits per heavy atom. The van der Waals surface area contributed by atoms with Crippen LogP contribution in [-0.2, 0) is 4.79 Å². The van der Waals surface area contributed by atoms with Crippen molar-refractivity contribution in [3.8, 4) is 5.75 Å². The van der Waals surface area contributed by atoms with Gasteiger partial charge in [0.2, 0.25) is 0 Å². The minimum absolute atomic E-state index is 0.00407. The van der Waals surface area contributed by atoms with E-state index in [-0.39, 0.29) is 12.5 Å². The minimum atomic E-state index is -0.146. The Morgan fingerprint density at radius 2 is 2.33 bits per heavy atom. The molecule has 4 nitrogen and oxygen atoms in total. The normalized spacial score (nSPS) is 9.73. The van der Waals surface area contributed by atoms with E-state index in [9.17, 15) is 4.79 Å². The van der Waals surface area contributed by atoms with Crippen LogP contribution in [0.4, 0.5) is 5.69 Å². The predicted octanol–water partition coefficient (Wildman–Crippen LogP) is 1.55. The van der Waals surface area contributed by atoms with E-state index in [2.05, 4.69) is 21.2 Å². The molecule has 0 aliphatic carbocycles. The number of benzene rings is 1. The zero-order valence-corrected chi connectivity index (χ0v) is 10.0. The second kappa shape index (κ2) is 5.60. The lowest BCUT2D eigenvalue weighted by Crippen LogP contribution is -2.28. The van der Waals surface area contributed by atoms with E-state index in [0.29, 0.717) is 22.5 Å². The number of nitrogens with two attached hydrogens (primary N) is 1. The van der Waals surface area contributed by atoms with Gasteiger partial charge >= 0.3 is 0 Å². The summed E-state index contributed by atoms with van der Waals surface area (Å²) in [7, 11) is 0. The molecule has 0 unspecified atom stereocenters. The Hall–Kier alpha value is -1.23. The number of rotatable bonds is 4. The molecule has 0 heterocycles. The molecule has 0 saturated carbocycles. The zero-order chi connectivity index (χ0) is 11.3. The van der Waals surface area contributed by atoms with Crippen LogP contribution in [0.25, 0.3) is 0 Å². The number of likely N-dealkylation sites (N-methyl/N-ethyl adjacent to an activating group) is 1. The molecule has 0 spiro atoms. The van der Waals surface area contributed by atoms with Crippen LogP contribution in [-0.4, -0.2) is 19.1 Å². The fraction of sp³-hybridized carbons (Fsp3) is 0.300. The van der Waals surface area contributed by atoms with Crippen molar-refractivity contribution in [3.05, 3.63) is 22.7 Å². The van der Waals surface area contributed by atoms with Crippen molar-refractivity contribution < 1.29 is 9.53 Å². The number of ether oxygens (including phenoxy) is 1. The Labute approximate surface area is 96.9 Å². The number of nitrogen functional groups attached to an aromatic ring is 1. The van der Waals surface area contributed by atoms with E-state index in [1.54, 1.807) is 18.2 Å². The summed E-state index contributed by atoms with van der Waals surface area (Å²) in [5.41, 5.74) is 6.24. The van der Waals surface area contributed by atoms with Crippen molar-refractivity contribution in [1.29, 1.82) is 0 Å². The van der Waals surface area contributed by atoms with Gasteiger partial charge in [0.05, 0.1) is 4.47 Å². The molecular formula is C10H13BrN2O2. The first-order chi connectivity index (χ1) is 7.15.